The smallest absolute Gasteiger partial charge is 0.271 e. The van der Waals surface area contributed by atoms with E-state index >= 15 is 0 Å². The van der Waals surface area contributed by atoms with Crippen molar-refractivity contribution in [2.45, 2.75) is 43.7 Å². The molecular formula is C33H33N5O4S. The summed E-state index contributed by atoms with van der Waals surface area (Å²) in [5, 5.41) is 13.4. The number of hydrogen-bond donors (Lipinski definition) is 2. The number of rotatable bonds is 9. The Labute approximate surface area is 254 Å². The molecule has 0 radical (unpaired) electrons. The number of amides is 1. The maximum atomic E-state index is 12.7. The number of aliphatic hydroxyl groups is 1. The molecule has 5 aromatic rings. The number of ether oxygens (including phenoxy) is 2. The van der Waals surface area contributed by atoms with Gasteiger partial charge in [-0.2, -0.15) is 0 Å². The first-order chi connectivity index (χ1) is 21.0. The van der Waals surface area contributed by atoms with E-state index in [4.69, 9.17) is 9.47 Å². The van der Waals surface area contributed by atoms with Gasteiger partial charge in [-0.3, -0.25) is 9.78 Å². The molecule has 2 aromatic heterocycles. The Morgan fingerprint density at radius 3 is 2.40 bits per heavy atom. The number of imidazole rings is 1. The van der Waals surface area contributed by atoms with Gasteiger partial charge in [0, 0.05) is 43.2 Å². The summed E-state index contributed by atoms with van der Waals surface area (Å²) in [5.74, 6) is 0.522. The number of fused-ring (bicyclic) bond motifs is 1. The predicted molar refractivity (Wildman–Crippen MR) is 164 cm³/mol. The van der Waals surface area contributed by atoms with Gasteiger partial charge in [0.1, 0.15) is 5.69 Å². The van der Waals surface area contributed by atoms with Gasteiger partial charge in [-0.1, -0.05) is 79.3 Å². The van der Waals surface area contributed by atoms with Crippen LogP contribution in [0.4, 0.5) is 0 Å². The van der Waals surface area contributed by atoms with Gasteiger partial charge in [-0.05, 0) is 28.8 Å². The Morgan fingerprint density at radius 2 is 1.67 bits per heavy atom. The lowest BCUT2D eigenvalue weighted by molar-refractivity contribution is -0.268. The number of nitrogens with zero attached hydrogens (tertiary/aromatic N) is 4. The lowest BCUT2D eigenvalue weighted by Crippen LogP contribution is -2.38. The van der Waals surface area contributed by atoms with Gasteiger partial charge >= 0.3 is 0 Å². The van der Waals surface area contributed by atoms with Gasteiger partial charge in [-0.15, -0.1) is 0 Å². The molecule has 3 aromatic carbocycles. The van der Waals surface area contributed by atoms with Gasteiger partial charge in [0.05, 0.1) is 36.0 Å². The van der Waals surface area contributed by atoms with Crippen LogP contribution in [0.3, 0.4) is 0 Å². The molecule has 6 rings (SSSR count). The van der Waals surface area contributed by atoms with E-state index in [0.717, 1.165) is 38.7 Å². The molecule has 1 fully saturated rings. The minimum absolute atomic E-state index is 0.00150. The SMILES string of the molecule is C[C@H]1[C@@H](CSc2nccn2C)O[C@@H](c2ccc(CNC(=O)c3cnc4ccccc4n3)cc2)O[C@H]1c1ccc(CO)cc1. The first-order valence-electron chi connectivity index (χ1n) is 14.2. The van der Waals surface area contributed by atoms with Crippen LogP contribution in [0.15, 0.2) is 96.5 Å². The number of carbonyl (C=O) groups is 1. The van der Waals surface area contributed by atoms with E-state index in [2.05, 4.69) is 27.2 Å². The molecule has 0 spiro atoms. The zero-order chi connectivity index (χ0) is 29.8. The van der Waals surface area contributed by atoms with Crippen molar-refractivity contribution in [1.29, 1.82) is 0 Å². The van der Waals surface area contributed by atoms with Gasteiger partial charge < -0.3 is 24.5 Å². The average Bonchev–Trinajstić information content (AvgIpc) is 3.47. The molecule has 10 heteroatoms. The number of nitrogens with one attached hydrogen (secondary N) is 1. The minimum atomic E-state index is -0.567. The molecule has 4 atom stereocenters. The lowest BCUT2D eigenvalue weighted by atomic mass is 9.91. The average molecular weight is 596 g/mol. The highest BCUT2D eigenvalue weighted by molar-refractivity contribution is 7.99. The maximum Gasteiger partial charge on any atom is 0.271 e. The number of para-hydroxylation sites is 2. The monoisotopic (exact) mass is 595 g/mol. The van der Waals surface area contributed by atoms with Crippen LogP contribution in [0.5, 0.6) is 0 Å². The molecule has 1 aliphatic rings. The first kappa shape index (κ1) is 29.0. The fraction of sp³-hybridized carbons (Fsp3) is 0.273. The molecule has 220 valence electrons. The van der Waals surface area contributed by atoms with Crippen LogP contribution in [0.1, 0.15) is 52.1 Å². The Bertz CT molecular complexity index is 1690. The number of carbonyl (C=O) groups excluding carboxylic acids is 1. The van der Waals surface area contributed by atoms with E-state index in [0.29, 0.717) is 12.1 Å². The third kappa shape index (κ3) is 6.62. The van der Waals surface area contributed by atoms with E-state index < -0.39 is 6.29 Å². The van der Waals surface area contributed by atoms with E-state index in [9.17, 15) is 9.90 Å². The number of aromatic nitrogens is 4. The largest absolute Gasteiger partial charge is 0.392 e. The van der Waals surface area contributed by atoms with Crippen molar-refractivity contribution in [3.63, 3.8) is 0 Å². The number of aliphatic hydroxyl groups excluding tert-OH is 1. The number of thioether (sulfide) groups is 1. The molecule has 0 bridgehead atoms. The zero-order valence-electron chi connectivity index (χ0n) is 24.0. The van der Waals surface area contributed by atoms with E-state index in [1.54, 1.807) is 18.0 Å². The van der Waals surface area contributed by atoms with Crippen molar-refractivity contribution >= 4 is 28.7 Å². The molecular weight excluding hydrogens is 562 g/mol. The normalized spacial score (nSPS) is 20.3. The Kier molecular flexibility index (Phi) is 8.80. The molecule has 0 aliphatic carbocycles. The Morgan fingerprint density at radius 1 is 0.953 bits per heavy atom. The second-order valence-corrected chi connectivity index (χ2v) is 11.6. The van der Waals surface area contributed by atoms with Crippen LogP contribution < -0.4 is 5.32 Å². The third-order valence-corrected chi connectivity index (χ3v) is 8.81. The van der Waals surface area contributed by atoms with Crippen LogP contribution in [0, 0.1) is 5.92 Å². The van der Waals surface area contributed by atoms with Crippen molar-refractivity contribution in [3.05, 3.63) is 119 Å². The number of aryl methyl sites for hydroxylation is 1. The van der Waals surface area contributed by atoms with Crippen molar-refractivity contribution in [2.24, 2.45) is 13.0 Å². The van der Waals surface area contributed by atoms with Gasteiger partial charge in [0.15, 0.2) is 11.4 Å². The standard InChI is InChI=1S/C33H33N5O4S/c1-21-29(20-43-33-34-15-16-38(33)2)41-32(42-30(21)24-11-9-23(19-39)10-12-24)25-13-7-22(8-14-25)17-36-31(40)28-18-35-26-5-3-4-6-27(26)37-28/h3-16,18,21,29-30,32,39H,17,19-20H2,1-2H3,(H,36,40)/t21-,29+,30+,32+/m0/s1. The first-order valence-corrected chi connectivity index (χ1v) is 15.2. The summed E-state index contributed by atoms with van der Waals surface area (Å²) in [6.07, 6.45) is 4.37. The fourth-order valence-corrected chi connectivity index (χ4v) is 6.19. The summed E-state index contributed by atoms with van der Waals surface area (Å²) in [6.45, 7) is 2.49. The topological polar surface area (TPSA) is 111 Å². The summed E-state index contributed by atoms with van der Waals surface area (Å²) in [4.78, 5) is 26.0. The van der Waals surface area contributed by atoms with Crippen molar-refractivity contribution in [2.75, 3.05) is 5.75 Å². The second-order valence-electron chi connectivity index (χ2n) is 10.6. The van der Waals surface area contributed by atoms with Crippen LogP contribution in [0.25, 0.3) is 11.0 Å². The van der Waals surface area contributed by atoms with Crippen molar-refractivity contribution in [3.8, 4) is 0 Å². The van der Waals surface area contributed by atoms with Crippen molar-refractivity contribution < 1.29 is 19.4 Å². The summed E-state index contributed by atoms with van der Waals surface area (Å²) >= 11 is 1.66. The molecule has 3 heterocycles. The molecule has 43 heavy (non-hydrogen) atoms. The van der Waals surface area contributed by atoms with Crippen LogP contribution in [-0.4, -0.2) is 42.4 Å². The van der Waals surface area contributed by atoms with E-state index in [1.807, 2.05) is 90.6 Å². The minimum Gasteiger partial charge on any atom is -0.392 e. The Hall–Kier alpha value is -4.09. The predicted octanol–water partition coefficient (Wildman–Crippen LogP) is 5.37. The van der Waals surface area contributed by atoms with Crippen LogP contribution >= 0.6 is 11.8 Å². The summed E-state index contributed by atoms with van der Waals surface area (Å²) < 4.78 is 15.1. The van der Waals surface area contributed by atoms with Crippen LogP contribution in [0.2, 0.25) is 0 Å². The lowest BCUT2D eigenvalue weighted by Gasteiger charge is -2.41. The summed E-state index contributed by atoms with van der Waals surface area (Å²) in [7, 11) is 1.98. The zero-order valence-corrected chi connectivity index (χ0v) is 24.8. The maximum absolute atomic E-state index is 12.7. The molecule has 0 unspecified atom stereocenters. The van der Waals surface area contributed by atoms with Gasteiger partial charge in [-0.25, -0.2) is 9.97 Å². The highest BCUT2D eigenvalue weighted by Crippen LogP contribution is 2.42. The third-order valence-electron chi connectivity index (χ3n) is 7.66. The van der Waals surface area contributed by atoms with E-state index in [1.165, 1.54) is 6.20 Å². The fourth-order valence-electron chi connectivity index (χ4n) is 5.09. The highest BCUT2D eigenvalue weighted by atomic mass is 32.2. The second kappa shape index (κ2) is 13.0. The van der Waals surface area contributed by atoms with Gasteiger partial charge in [0.25, 0.3) is 5.91 Å². The molecule has 0 saturated carbocycles. The van der Waals surface area contributed by atoms with E-state index in [-0.39, 0.29) is 36.3 Å². The molecule has 1 amide bonds. The molecule has 1 aliphatic heterocycles. The highest BCUT2D eigenvalue weighted by Gasteiger charge is 2.38. The van der Waals surface area contributed by atoms with Crippen LogP contribution in [-0.2, 0) is 29.7 Å². The quantitative estimate of drug-likeness (QED) is 0.219. The Balaban J connectivity index is 1.15. The summed E-state index contributed by atoms with van der Waals surface area (Å²) in [6, 6.07) is 23.3. The van der Waals surface area contributed by atoms with Crippen molar-refractivity contribution in [1.82, 2.24) is 24.8 Å². The number of benzene rings is 3. The summed E-state index contributed by atoms with van der Waals surface area (Å²) in [5.41, 5.74) is 5.44. The molecule has 1 saturated heterocycles. The molecule has 2 N–H and O–H groups in total. The molecule has 9 nitrogen and oxygen atoms in total. The van der Waals surface area contributed by atoms with Gasteiger partial charge in [0.2, 0.25) is 0 Å². The number of hydrogen-bond acceptors (Lipinski definition) is 8.